The van der Waals surface area contributed by atoms with E-state index in [1.807, 2.05) is 0 Å². The molecule has 2 heterocycles. The van der Waals surface area contributed by atoms with Crippen LogP contribution in [0.2, 0.25) is 0 Å². The molecule has 2 aliphatic heterocycles. The van der Waals surface area contributed by atoms with Gasteiger partial charge in [-0.05, 0) is 68.3 Å². The lowest BCUT2D eigenvalue weighted by Crippen LogP contribution is -2.22. The van der Waals surface area contributed by atoms with Crippen molar-refractivity contribution >= 4 is 5.69 Å². The molecule has 3 nitrogen and oxygen atoms in total. The molecule has 1 unspecified atom stereocenters. The van der Waals surface area contributed by atoms with Crippen LogP contribution in [0, 0.1) is 19.8 Å². The molecule has 1 aromatic rings. The van der Waals surface area contributed by atoms with Crippen molar-refractivity contribution in [2.24, 2.45) is 5.92 Å². The topological polar surface area (TPSA) is 26.7 Å². The molecule has 2 saturated heterocycles. The molecule has 0 spiro atoms. The molecule has 0 aromatic heterocycles. The Kier molecular flexibility index (Phi) is 4.51. The smallest absolute Gasteiger partial charge is 0.0471 e. The van der Waals surface area contributed by atoms with Crippen LogP contribution in [0.25, 0.3) is 0 Å². The number of nitrogens with zero attached hydrogens (tertiary/aromatic N) is 2. The third-order valence-electron chi connectivity index (χ3n) is 5.12. The lowest BCUT2D eigenvalue weighted by molar-refractivity contribution is 0.220. The second-order valence-corrected chi connectivity index (χ2v) is 6.83. The molecule has 1 N–H and O–H groups in total. The molecule has 0 bridgehead atoms. The van der Waals surface area contributed by atoms with E-state index in [1.54, 1.807) is 0 Å². The fourth-order valence-corrected chi connectivity index (χ4v) is 3.78. The Balaban J connectivity index is 1.73. The molecule has 2 fully saturated rings. The van der Waals surface area contributed by atoms with Crippen molar-refractivity contribution in [2.75, 3.05) is 37.7 Å². The van der Waals surface area contributed by atoms with Crippen LogP contribution >= 0.6 is 0 Å². The molecule has 2 aliphatic rings. The summed E-state index contributed by atoms with van der Waals surface area (Å²) in [6, 6.07) is 4.77. The molecule has 3 heteroatoms. The van der Waals surface area contributed by atoms with Gasteiger partial charge < -0.3 is 10.0 Å². The summed E-state index contributed by atoms with van der Waals surface area (Å²) in [6.07, 6.45) is 3.80. The van der Waals surface area contributed by atoms with Gasteiger partial charge >= 0.3 is 0 Å². The minimum atomic E-state index is 0.336. The van der Waals surface area contributed by atoms with Crippen LogP contribution in [0.1, 0.15) is 36.0 Å². The van der Waals surface area contributed by atoms with E-state index in [0.29, 0.717) is 12.5 Å². The fraction of sp³-hybridized carbons (Fsp3) is 0.667. The normalized spacial score (nSPS) is 23.2. The van der Waals surface area contributed by atoms with Crippen molar-refractivity contribution in [1.82, 2.24) is 4.90 Å². The van der Waals surface area contributed by atoms with Crippen molar-refractivity contribution in [3.63, 3.8) is 0 Å². The summed E-state index contributed by atoms with van der Waals surface area (Å²) < 4.78 is 0. The van der Waals surface area contributed by atoms with Crippen LogP contribution in [0.4, 0.5) is 5.69 Å². The highest BCUT2D eigenvalue weighted by Crippen LogP contribution is 2.29. The number of benzene rings is 1. The largest absolute Gasteiger partial charge is 0.396 e. The Labute approximate surface area is 128 Å². The van der Waals surface area contributed by atoms with Crippen LogP contribution in [0.15, 0.2) is 12.1 Å². The van der Waals surface area contributed by atoms with E-state index in [-0.39, 0.29) is 0 Å². The number of anilines is 1. The van der Waals surface area contributed by atoms with E-state index in [2.05, 4.69) is 35.8 Å². The summed E-state index contributed by atoms with van der Waals surface area (Å²) >= 11 is 0. The average Bonchev–Trinajstić information content (AvgIpc) is 3.13. The van der Waals surface area contributed by atoms with Gasteiger partial charge in [0.2, 0.25) is 0 Å². The van der Waals surface area contributed by atoms with Gasteiger partial charge in [0.05, 0.1) is 0 Å². The highest BCUT2D eigenvalue weighted by Gasteiger charge is 2.22. The Morgan fingerprint density at radius 2 is 1.86 bits per heavy atom. The predicted molar refractivity (Wildman–Crippen MR) is 87.8 cm³/mol. The summed E-state index contributed by atoms with van der Waals surface area (Å²) in [5.41, 5.74) is 5.71. The van der Waals surface area contributed by atoms with Crippen LogP contribution in [-0.4, -0.2) is 42.8 Å². The maximum Gasteiger partial charge on any atom is 0.0471 e. The zero-order valence-electron chi connectivity index (χ0n) is 13.4. The van der Waals surface area contributed by atoms with Crippen LogP contribution in [-0.2, 0) is 6.54 Å². The van der Waals surface area contributed by atoms with Crippen molar-refractivity contribution in [3.05, 3.63) is 28.8 Å². The Morgan fingerprint density at radius 1 is 1.10 bits per heavy atom. The first-order valence-electron chi connectivity index (χ1n) is 8.35. The van der Waals surface area contributed by atoms with Crippen molar-refractivity contribution in [2.45, 2.75) is 39.7 Å². The van der Waals surface area contributed by atoms with Crippen molar-refractivity contribution in [3.8, 4) is 0 Å². The molecule has 0 aliphatic carbocycles. The second-order valence-electron chi connectivity index (χ2n) is 6.83. The van der Waals surface area contributed by atoms with Crippen LogP contribution in [0.5, 0.6) is 0 Å². The highest BCUT2D eigenvalue weighted by molar-refractivity contribution is 5.57. The monoisotopic (exact) mass is 288 g/mol. The maximum absolute atomic E-state index is 9.27. The lowest BCUT2D eigenvalue weighted by atomic mass is 10.0. The number of likely N-dealkylation sites (tertiary alicyclic amines) is 1. The van der Waals surface area contributed by atoms with E-state index < -0.39 is 0 Å². The van der Waals surface area contributed by atoms with Gasteiger partial charge in [0.15, 0.2) is 0 Å². The first-order valence-corrected chi connectivity index (χ1v) is 8.35. The Hall–Kier alpha value is -1.06. The van der Waals surface area contributed by atoms with Gasteiger partial charge in [-0.2, -0.15) is 0 Å². The van der Waals surface area contributed by atoms with E-state index >= 15 is 0 Å². The number of rotatable bonds is 4. The standard InChI is InChI=1S/C18H28N2O/c1-14-10-18(20-6-3-4-7-20)15(2)9-17(14)12-19-8-5-16(11-19)13-21/h9-10,16,21H,3-8,11-13H2,1-2H3. The Bertz CT molecular complexity index is 494. The molecule has 0 saturated carbocycles. The van der Waals surface area contributed by atoms with Crippen molar-refractivity contribution in [1.29, 1.82) is 0 Å². The number of hydrogen-bond acceptors (Lipinski definition) is 3. The molecule has 116 valence electrons. The summed E-state index contributed by atoms with van der Waals surface area (Å²) in [7, 11) is 0. The molecular formula is C18H28N2O. The minimum absolute atomic E-state index is 0.336. The first kappa shape index (κ1) is 14.9. The summed E-state index contributed by atoms with van der Waals surface area (Å²) in [4.78, 5) is 5.02. The van der Waals surface area contributed by atoms with Gasteiger partial charge in [-0.3, -0.25) is 4.90 Å². The van der Waals surface area contributed by atoms with Gasteiger partial charge in [-0.1, -0.05) is 6.07 Å². The molecular weight excluding hydrogens is 260 g/mol. The molecule has 1 atom stereocenters. The van der Waals surface area contributed by atoms with Crippen LogP contribution < -0.4 is 4.90 Å². The third-order valence-corrected chi connectivity index (χ3v) is 5.12. The predicted octanol–water partition coefficient (Wildman–Crippen LogP) is 2.72. The number of aliphatic hydroxyl groups excluding tert-OH is 1. The van der Waals surface area contributed by atoms with E-state index in [9.17, 15) is 5.11 Å². The first-order chi connectivity index (χ1) is 10.2. The van der Waals surface area contributed by atoms with Gasteiger partial charge in [0.1, 0.15) is 0 Å². The zero-order chi connectivity index (χ0) is 14.8. The average molecular weight is 288 g/mol. The third kappa shape index (κ3) is 3.24. The van der Waals surface area contributed by atoms with E-state index in [0.717, 1.165) is 26.1 Å². The summed E-state index contributed by atoms with van der Waals surface area (Å²) in [5, 5.41) is 9.27. The maximum atomic E-state index is 9.27. The van der Waals surface area contributed by atoms with Gasteiger partial charge in [0.25, 0.3) is 0 Å². The van der Waals surface area contributed by atoms with Crippen LogP contribution in [0.3, 0.4) is 0 Å². The van der Waals surface area contributed by atoms with Gasteiger partial charge in [-0.15, -0.1) is 0 Å². The quantitative estimate of drug-likeness (QED) is 0.923. The zero-order valence-corrected chi connectivity index (χ0v) is 13.4. The summed E-state index contributed by atoms with van der Waals surface area (Å²) in [6.45, 7) is 10.4. The molecule has 21 heavy (non-hydrogen) atoms. The fourth-order valence-electron chi connectivity index (χ4n) is 3.78. The molecule has 0 radical (unpaired) electrons. The SMILES string of the molecule is Cc1cc(N2CCCC2)c(C)cc1CN1CCC(CO)C1. The number of aryl methyl sites for hydroxylation is 2. The van der Waals surface area contributed by atoms with Gasteiger partial charge in [-0.25, -0.2) is 0 Å². The number of aliphatic hydroxyl groups is 1. The number of hydrogen-bond donors (Lipinski definition) is 1. The Morgan fingerprint density at radius 3 is 2.52 bits per heavy atom. The molecule has 3 rings (SSSR count). The van der Waals surface area contributed by atoms with Crippen molar-refractivity contribution < 1.29 is 5.11 Å². The minimum Gasteiger partial charge on any atom is -0.396 e. The lowest BCUT2D eigenvalue weighted by Gasteiger charge is -2.23. The highest BCUT2D eigenvalue weighted by atomic mass is 16.3. The summed E-state index contributed by atoms with van der Waals surface area (Å²) in [5.74, 6) is 0.482. The van der Waals surface area contributed by atoms with Gasteiger partial charge in [0, 0.05) is 38.5 Å². The molecule has 0 amide bonds. The van der Waals surface area contributed by atoms with E-state index in [1.165, 1.54) is 48.3 Å². The second kappa shape index (κ2) is 6.37. The molecule has 1 aromatic carbocycles. The van der Waals surface area contributed by atoms with E-state index in [4.69, 9.17) is 0 Å².